The molecule has 0 saturated heterocycles. The van der Waals surface area contributed by atoms with Gasteiger partial charge in [0.25, 0.3) is 0 Å². The summed E-state index contributed by atoms with van der Waals surface area (Å²) in [5.41, 5.74) is 3.46. The molecule has 0 amide bonds. The Bertz CT molecular complexity index is 439. The highest BCUT2D eigenvalue weighted by Crippen LogP contribution is 2.22. The topological polar surface area (TPSA) is 32.3 Å². The minimum absolute atomic E-state index is 0.370. The SMILES string of the molecule is CCCCCCCCNC1=Cc2ccccc2C[C@H]1O. The average molecular weight is 273 g/mol. The molecule has 1 aliphatic rings. The summed E-state index contributed by atoms with van der Waals surface area (Å²) in [6.45, 7) is 3.22. The summed E-state index contributed by atoms with van der Waals surface area (Å²) in [6, 6.07) is 8.31. The van der Waals surface area contributed by atoms with Gasteiger partial charge in [0.1, 0.15) is 0 Å². The third-order valence-electron chi connectivity index (χ3n) is 4.00. The van der Waals surface area contributed by atoms with Crippen LogP contribution in [0, 0.1) is 0 Å². The molecule has 1 aromatic carbocycles. The molecule has 2 rings (SSSR count). The molecule has 0 spiro atoms. The van der Waals surface area contributed by atoms with Crippen LogP contribution in [0.2, 0.25) is 0 Å². The summed E-state index contributed by atoms with van der Waals surface area (Å²) in [5, 5.41) is 13.6. The van der Waals surface area contributed by atoms with Gasteiger partial charge in [0.2, 0.25) is 0 Å². The fourth-order valence-electron chi connectivity index (χ4n) is 2.75. The minimum Gasteiger partial charge on any atom is -0.387 e. The van der Waals surface area contributed by atoms with Crippen LogP contribution in [0.25, 0.3) is 6.08 Å². The van der Waals surface area contributed by atoms with Crippen molar-refractivity contribution in [2.75, 3.05) is 6.54 Å². The largest absolute Gasteiger partial charge is 0.387 e. The second-order valence-electron chi connectivity index (χ2n) is 5.71. The van der Waals surface area contributed by atoms with Crippen molar-refractivity contribution in [1.29, 1.82) is 0 Å². The molecule has 1 aliphatic carbocycles. The summed E-state index contributed by atoms with van der Waals surface area (Å²) in [6.07, 6.45) is 10.3. The van der Waals surface area contributed by atoms with E-state index in [0.717, 1.165) is 18.7 Å². The van der Waals surface area contributed by atoms with Crippen LogP contribution >= 0.6 is 0 Å². The van der Waals surface area contributed by atoms with Crippen LogP contribution < -0.4 is 5.32 Å². The Labute approximate surface area is 122 Å². The number of fused-ring (bicyclic) bond motifs is 1. The average Bonchev–Trinajstić information content (AvgIpc) is 2.46. The van der Waals surface area contributed by atoms with Crippen LogP contribution in [0.3, 0.4) is 0 Å². The van der Waals surface area contributed by atoms with Gasteiger partial charge in [-0.3, -0.25) is 0 Å². The molecule has 0 radical (unpaired) electrons. The number of hydrogen-bond donors (Lipinski definition) is 2. The second-order valence-corrected chi connectivity index (χ2v) is 5.71. The van der Waals surface area contributed by atoms with Gasteiger partial charge in [-0.05, 0) is 23.6 Å². The highest BCUT2D eigenvalue weighted by atomic mass is 16.3. The molecule has 0 fully saturated rings. The zero-order chi connectivity index (χ0) is 14.2. The van der Waals surface area contributed by atoms with E-state index in [1.807, 2.05) is 6.07 Å². The van der Waals surface area contributed by atoms with Crippen molar-refractivity contribution in [3.8, 4) is 0 Å². The molecule has 1 atom stereocenters. The summed E-state index contributed by atoms with van der Waals surface area (Å²) >= 11 is 0. The van der Waals surface area contributed by atoms with E-state index in [-0.39, 0.29) is 6.10 Å². The first kappa shape index (κ1) is 15.1. The highest BCUT2D eigenvalue weighted by molar-refractivity contribution is 5.60. The van der Waals surface area contributed by atoms with Crippen molar-refractivity contribution in [3.05, 3.63) is 41.1 Å². The molecule has 0 unspecified atom stereocenters. The number of nitrogens with one attached hydrogen (secondary N) is 1. The van der Waals surface area contributed by atoms with Crippen molar-refractivity contribution in [2.45, 2.75) is 58.0 Å². The standard InChI is InChI=1S/C18H27NO/c1-2-3-4-5-6-9-12-19-17-13-15-10-7-8-11-16(15)14-18(17)20/h7-8,10-11,13,18-20H,2-6,9,12,14H2,1H3/t18-/m1/s1. The zero-order valence-electron chi connectivity index (χ0n) is 12.6. The normalized spacial score (nSPS) is 17.5. The number of unbranched alkanes of at least 4 members (excludes halogenated alkanes) is 5. The van der Waals surface area contributed by atoms with E-state index in [2.05, 4.69) is 36.5 Å². The van der Waals surface area contributed by atoms with Gasteiger partial charge in [-0.2, -0.15) is 0 Å². The van der Waals surface area contributed by atoms with Crippen LogP contribution in [0.1, 0.15) is 56.6 Å². The van der Waals surface area contributed by atoms with E-state index < -0.39 is 0 Å². The van der Waals surface area contributed by atoms with Crippen LogP contribution in [0.15, 0.2) is 30.0 Å². The van der Waals surface area contributed by atoms with Crippen molar-refractivity contribution < 1.29 is 5.11 Å². The van der Waals surface area contributed by atoms with Gasteiger partial charge in [-0.15, -0.1) is 0 Å². The lowest BCUT2D eigenvalue weighted by molar-refractivity contribution is 0.202. The molecule has 0 aliphatic heterocycles. The van der Waals surface area contributed by atoms with Gasteiger partial charge in [0, 0.05) is 18.7 Å². The van der Waals surface area contributed by atoms with E-state index in [4.69, 9.17) is 0 Å². The molecule has 20 heavy (non-hydrogen) atoms. The smallest absolute Gasteiger partial charge is 0.0974 e. The second kappa shape index (κ2) is 8.11. The summed E-state index contributed by atoms with van der Waals surface area (Å²) in [4.78, 5) is 0. The predicted octanol–water partition coefficient (Wildman–Crippen LogP) is 3.89. The van der Waals surface area contributed by atoms with Crippen LogP contribution in [0.4, 0.5) is 0 Å². The molecule has 2 nitrogen and oxygen atoms in total. The molecule has 2 N–H and O–H groups in total. The van der Waals surface area contributed by atoms with Crippen molar-refractivity contribution >= 4 is 6.08 Å². The van der Waals surface area contributed by atoms with Crippen LogP contribution in [0.5, 0.6) is 0 Å². The fourth-order valence-corrected chi connectivity index (χ4v) is 2.75. The van der Waals surface area contributed by atoms with Gasteiger partial charge < -0.3 is 10.4 Å². The fraction of sp³-hybridized carbons (Fsp3) is 0.556. The monoisotopic (exact) mass is 273 g/mol. The van der Waals surface area contributed by atoms with E-state index >= 15 is 0 Å². The predicted molar refractivity (Wildman–Crippen MR) is 85.5 cm³/mol. The summed E-state index contributed by atoms with van der Waals surface area (Å²) < 4.78 is 0. The Morgan fingerprint density at radius 3 is 2.70 bits per heavy atom. The maximum Gasteiger partial charge on any atom is 0.0974 e. The van der Waals surface area contributed by atoms with Gasteiger partial charge >= 0.3 is 0 Å². The van der Waals surface area contributed by atoms with Crippen molar-refractivity contribution in [1.82, 2.24) is 5.32 Å². The Morgan fingerprint density at radius 2 is 1.85 bits per heavy atom. The number of benzene rings is 1. The third kappa shape index (κ3) is 4.38. The number of aliphatic hydroxyl groups excluding tert-OH is 1. The molecular weight excluding hydrogens is 246 g/mol. The molecule has 0 saturated carbocycles. The molecule has 1 aromatic rings. The number of hydrogen-bond acceptors (Lipinski definition) is 2. The zero-order valence-corrected chi connectivity index (χ0v) is 12.6. The van der Waals surface area contributed by atoms with E-state index in [1.54, 1.807) is 0 Å². The van der Waals surface area contributed by atoms with Crippen molar-refractivity contribution in [2.24, 2.45) is 0 Å². The highest BCUT2D eigenvalue weighted by Gasteiger charge is 2.18. The molecule has 0 bridgehead atoms. The van der Waals surface area contributed by atoms with Gasteiger partial charge in [0.15, 0.2) is 0 Å². The van der Waals surface area contributed by atoms with Gasteiger partial charge in [-0.25, -0.2) is 0 Å². The van der Waals surface area contributed by atoms with Crippen LogP contribution in [-0.2, 0) is 6.42 Å². The van der Waals surface area contributed by atoms with Crippen LogP contribution in [-0.4, -0.2) is 17.8 Å². The first-order valence-corrected chi connectivity index (χ1v) is 8.02. The quantitative estimate of drug-likeness (QED) is 0.704. The van der Waals surface area contributed by atoms with Gasteiger partial charge in [0.05, 0.1) is 6.10 Å². The Morgan fingerprint density at radius 1 is 1.10 bits per heavy atom. The molecule has 0 aromatic heterocycles. The van der Waals surface area contributed by atoms with E-state index in [9.17, 15) is 5.11 Å². The Kier molecular flexibility index (Phi) is 6.13. The summed E-state index contributed by atoms with van der Waals surface area (Å²) in [7, 11) is 0. The van der Waals surface area contributed by atoms with Gasteiger partial charge in [-0.1, -0.05) is 63.3 Å². The Balaban J connectivity index is 1.74. The first-order valence-electron chi connectivity index (χ1n) is 8.02. The maximum absolute atomic E-state index is 10.2. The lowest BCUT2D eigenvalue weighted by Gasteiger charge is -2.23. The lowest BCUT2D eigenvalue weighted by Crippen LogP contribution is -2.29. The third-order valence-corrected chi connectivity index (χ3v) is 4.00. The number of aliphatic hydroxyl groups is 1. The molecule has 2 heteroatoms. The Hall–Kier alpha value is -1.28. The van der Waals surface area contributed by atoms with E-state index in [0.29, 0.717) is 0 Å². The number of rotatable bonds is 8. The minimum atomic E-state index is -0.370. The first-order chi connectivity index (χ1) is 9.81. The molecular formula is C18H27NO. The molecule has 0 heterocycles. The maximum atomic E-state index is 10.2. The lowest BCUT2D eigenvalue weighted by atomic mass is 9.93. The molecule has 110 valence electrons. The van der Waals surface area contributed by atoms with E-state index in [1.165, 1.54) is 49.7 Å². The summed E-state index contributed by atoms with van der Waals surface area (Å²) in [5.74, 6) is 0. The van der Waals surface area contributed by atoms with Crippen molar-refractivity contribution in [3.63, 3.8) is 0 Å².